The molecule has 1 saturated carbocycles. The van der Waals surface area contributed by atoms with Crippen LogP contribution in [0.2, 0.25) is 0 Å². The van der Waals surface area contributed by atoms with Gasteiger partial charge in [0.25, 0.3) is 0 Å². The van der Waals surface area contributed by atoms with E-state index in [0.717, 1.165) is 30.7 Å². The summed E-state index contributed by atoms with van der Waals surface area (Å²) in [6, 6.07) is 6.09. The largest absolute Gasteiger partial charge is 0.389 e. The normalized spacial score (nSPS) is 24.9. The Bertz CT molecular complexity index is 378. The van der Waals surface area contributed by atoms with Gasteiger partial charge in [-0.1, -0.05) is 11.2 Å². The maximum Gasteiger partial charge on any atom is 0.159 e. The molecule has 2 rings (SSSR count). The minimum absolute atomic E-state index is 0.334. The van der Waals surface area contributed by atoms with Gasteiger partial charge in [0.05, 0.1) is 11.4 Å². The first-order chi connectivity index (χ1) is 8.25. The molecule has 1 aliphatic carbocycles. The molecule has 1 fully saturated rings. The molecule has 2 N–H and O–H groups in total. The van der Waals surface area contributed by atoms with E-state index in [4.69, 9.17) is 10.6 Å². The van der Waals surface area contributed by atoms with Gasteiger partial charge in [0.15, 0.2) is 6.61 Å². The Hall–Kier alpha value is -1.42. The lowest BCUT2D eigenvalue weighted by Gasteiger charge is -2.08. The zero-order valence-electron chi connectivity index (χ0n) is 10.2. The number of pyridine rings is 1. The zero-order chi connectivity index (χ0) is 12.1. The standard InChI is InChI=1S/C13H19N3O/c1-10(11-5-6-12(14)8-11)16-17-9-13-4-2-3-7-15-13/h2-4,7,11-12H,5-6,8-9,14H2,1H3/t11?,12-/m1/s1. The topological polar surface area (TPSA) is 60.5 Å². The van der Waals surface area contributed by atoms with Gasteiger partial charge in [0.2, 0.25) is 0 Å². The van der Waals surface area contributed by atoms with Crippen LogP contribution in [0.25, 0.3) is 0 Å². The molecular weight excluding hydrogens is 214 g/mol. The first kappa shape index (κ1) is 12.0. The van der Waals surface area contributed by atoms with Crippen LogP contribution in [0.3, 0.4) is 0 Å². The van der Waals surface area contributed by atoms with Gasteiger partial charge in [-0.2, -0.15) is 0 Å². The Morgan fingerprint density at radius 1 is 1.53 bits per heavy atom. The summed E-state index contributed by atoms with van der Waals surface area (Å²) >= 11 is 0. The molecule has 1 unspecified atom stereocenters. The molecule has 0 saturated heterocycles. The minimum Gasteiger partial charge on any atom is -0.389 e. The smallest absolute Gasteiger partial charge is 0.159 e. The maximum absolute atomic E-state index is 5.88. The fraction of sp³-hybridized carbons (Fsp3) is 0.538. The third kappa shape index (κ3) is 3.53. The molecule has 0 spiro atoms. The Balaban J connectivity index is 1.80. The number of hydrogen-bond donors (Lipinski definition) is 1. The van der Waals surface area contributed by atoms with Crippen LogP contribution in [0.5, 0.6) is 0 Å². The highest BCUT2D eigenvalue weighted by Crippen LogP contribution is 2.25. The lowest BCUT2D eigenvalue weighted by molar-refractivity contribution is 0.126. The molecule has 17 heavy (non-hydrogen) atoms. The van der Waals surface area contributed by atoms with Gasteiger partial charge in [-0.15, -0.1) is 0 Å². The first-order valence-corrected chi connectivity index (χ1v) is 6.07. The van der Waals surface area contributed by atoms with Crippen molar-refractivity contribution in [1.29, 1.82) is 0 Å². The van der Waals surface area contributed by atoms with Crippen molar-refractivity contribution in [3.8, 4) is 0 Å². The van der Waals surface area contributed by atoms with E-state index >= 15 is 0 Å². The fourth-order valence-electron chi connectivity index (χ4n) is 2.15. The van der Waals surface area contributed by atoms with Crippen LogP contribution in [0.15, 0.2) is 29.6 Å². The van der Waals surface area contributed by atoms with Gasteiger partial charge in [-0.3, -0.25) is 4.98 Å². The van der Waals surface area contributed by atoms with E-state index in [1.54, 1.807) is 6.20 Å². The van der Waals surface area contributed by atoms with E-state index in [0.29, 0.717) is 18.6 Å². The van der Waals surface area contributed by atoms with Crippen molar-refractivity contribution in [2.45, 2.75) is 38.8 Å². The molecule has 1 aromatic rings. The lowest BCUT2D eigenvalue weighted by atomic mass is 10.0. The van der Waals surface area contributed by atoms with Gasteiger partial charge >= 0.3 is 0 Å². The van der Waals surface area contributed by atoms with Gasteiger partial charge in [-0.05, 0) is 38.3 Å². The van der Waals surface area contributed by atoms with E-state index in [2.05, 4.69) is 10.1 Å². The van der Waals surface area contributed by atoms with Crippen LogP contribution in [0.1, 0.15) is 31.9 Å². The van der Waals surface area contributed by atoms with Crippen LogP contribution >= 0.6 is 0 Å². The number of rotatable bonds is 4. The SMILES string of the molecule is CC(=NOCc1ccccn1)C1CC[C@@H](N)C1. The number of hydrogen-bond acceptors (Lipinski definition) is 4. The predicted molar refractivity (Wildman–Crippen MR) is 67.5 cm³/mol. The van der Waals surface area contributed by atoms with E-state index < -0.39 is 0 Å². The Kier molecular flexibility index (Phi) is 4.09. The average molecular weight is 233 g/mol. The Morgan fingerprint density at radius 3 is 3.06 bits per heavy atom. The summed E-state index contributed by atoms with van der Waals surface area (Å²) in [7, 11) is 0. The number of oxime groups is 1. The summed E-state index contributed by atoms with van der Waals surface area (Å²) in [5.41, 5.74) is 7.82. The average Bonchev–Trinajstić information content (AvgIpc) is 2.77. The van der Waals surface area contributed by atoms with Crippen LogP contribution in [0.4, 0.5) is 0 Å². The van der Waals surface area contributed by atoms with Crippen LogP contribution in [0, 0.1) is 5.92 Å². The second-order valence-corrected chi connectivity index (χ2v) is 4.60. The second kappa shape index (κ2) is 5.77. The first-order valence-electron chi connectivity index (χ1n) is 6.07. The van der Waals surface area contributed by atoms with Crippen molar-refractivity contribution in [2.24, 2.45) is 16.8 Å². The molecular formula is C13H19N3O. The maximum atomic E-state index is 5.88. The molecule has 1 aliphatic rings. The molecule has 4 heteroatoms. The summed E-state index contributed by atoms with van der Waals surface area (Å²) in [5, 5.41) is 4.16. The quantitative estimate of drug-likeness (QED) is 0.640. The molecule has 4 nitrogen and oxygen atoms in total. The van der Waals surface area contributed by atoms with Crippen molar-refractivity contribution in [1.82, 2.24) is 4.98 Å². The third-order valence-corrected chi connectivity index (χ3v) is 3.21. The highest BCUT2D eigenvalue weighted by atomic mass is 16.6. The lowest BCUT2D eigenvalue weighted by Crippen LogP contribution is -2.17. The summed E-state index contributed by atoms with van der Waals surface area (Å²) in [4.78, 5) is 9.48. The third-order valence-electron chi connectivity index (χ3n) is 3.21. The van der Waals surface area contributed by atoms with Crippen molar-refractivity contribution in [3.63, 3.8) is 0 Å². The summed E-state index contributed by atoms with van der Waals surface area (Å²) in [5.74, 6) is 0.494. The van der Waals surface area contributed by atoms with Crippen molar-refractivity contribution < 1.29 is 4.84 Å². The molecule has 0 aromatic carbocycles. The Morgan fingerprint density at radius 2 is 2.41 bits per heavy atom. The summed E-state index contributed by atoms with van der Waals surface area (Å²) < 4.78 is 0. The minimum atomic E-state index is 0.334. The van der Waals surface area contributed by atoms with E-state index in [-0.39, 0.29) is 0 Å². The van der Waals surface area contributed by atoms with Gasteiger partial charge < -0.3 is 10.6 Å². The van der Waals surface area contributed by atoms with Gasteiger partial charge in [0, 0.05) is 18.2 Å². The molecule has 0 radical (unpaired) electrons. The monoisotopic (exact) mass is 233 g/mol. The highest BCUT2D eigenvalue weighted by Gasteiger charge is 2.24. The van der Waals surface area contributed by atoms with Gasteiger partial charge in [-0.25, -0.2) is 0 Å². The molecule has 0 bridgehead atoms. The molecule has 2 atom stereocenters. The zero-order valence-corrected chi connectivity index (χ0v) is 10.2. The highest BCUT2D eigenvalue weighted by molar-refractivity contribution is 5.84. The fourth-order valence-corrected chi connectivity index (χ4v) is 2.15. The number of nitrogens with two attached hydrogens (primary N) is 1. The molecule has 1 heterocycles. The predicted octanol–water partition coefficient (Wildman–Crippen LogP) is 2.10. The van der Waals surface area contributed by atoms with E-state index in [9.17, 15) is 0 Å². The van der Waals surface area contributed by atoms with Crippen LogP contribution < -0.4 is 5.73 Å². The number of aromatic nitrogens is 1. The van der Waals surface area contributed by atoms with E-state index in [1.807, 2.05) is 25.1 Å². The van der Waals surface area contributed by atoms with Crippen molar-refractivity contribution in [2.75, 3.05) is 0 Å². The summed E-state index contributed by atoms with van der Waals surface area (Å²) in [6.45, 7) is 2.44. The van der Waals surface area contributed by atoms with Crippen molar-refractivity contribution in [3.05, 3.63) is 30.1 Å². The molecule has 0 amide bonds. The van der Waals surface area contributed by atoms with Crippen LogP contribution in [-0.4, -0.2) is 16.7 Å². The Labute approximate surface area is 102 Å². The number of nitrogens with zero attached hydrogens (tertiary/aromatic N) is 2. The molecule has 0 aliphatic heterocycles. The second-order valence-electron chi connectivity index (χ2n) is 4.60. The van der Waals surface area contributed by atoms with Gasteiger partial charge in [0.1, 0.15) is 0 Å². The van der Waals surface area contributed by atoms with Crippen molar-refractivity contribution >= 4 is 5.71 Å². The van der Waals surface area contributed by atoms with E-state index in [1.165, 1.54) is 0 Å². The molecule has 1 aromatic heterocycles. The molecule has 92 valence electrons. The summed E-state index contributed by atoms with van der Waals surface area (Å²) in [6.07, 6.45) is 5.01. The van der Waals surface area contributed by atoms with Crippen LogP contribution in [-0.2, 0) is 11.4 Å².